The van der Waals surface area contributed by atoms with Crippen molar-refractivity contribution in [2.75, 3.05) is 0 Å². The van der Waals surface area contributed by atoms with Gasteiger partial charge in [-0.2, -0.15) is 5.10 Å². The molecule has 2 rings (SSSR count). The molecule has 0 amide bonds. The van der Waals surface area contributed by atoms with Crippen LogP contribution in [-0.4, -0.2) is 26.0 Å². The van der Waals surface area contributed by atoms with Gasteiger partial charge in [0, 0.05) is 15.5 Å². The first-order chi connectivity index (χ1) is 9.81. The van der Waals surface area contributed by atoms with Crippen molar-refractivity contribution in [2.45, 2.75) is 26.4 Å². The molecule has 112 valence electrons. The van der Waals surface area contributed by atoms with Gasteiger partial charge in [0.05, 0.1) is 5.70 Å². The van der Waals surface area contributed by atoms with Crippen molar-refractivity contribution >= 4 is 28.9 Å². The number of hydrogen-bond acceptors (Lipinski definition) is 3. The summed E-state index contributed by atoms with van der Waals surface area (Å²) in [6.45, 7) is 7.80. The quantitative estimate of drug-likeness (QED) is 0.912. The first kappa shape index (κ1) is 16.0. The molecule has 0 bridgehead atoms. The maximum Gasteiger partial charge on any atom is 0.138 e. The summed E-state index contributed by atoms with van der Waals surface area (Å²) in [7, 11) is 0. The van der Waals surface area contributed by atoms with Crippen molar-refractivity contribution in [1.82, 2.24) is 14.8 Å². The SMILES string of the molecule is C=C(C(O)C(C)(C)Cc1ccc(Cl)cc1Cl)n1cncn1. The molecule has 0 spiro atoms. The van der Waals surface area contributed by atoms with Gasteiger partial charge in [0.2, 0.25) is 0 Å². The van der Waals surface area contributed by atoms with Gasteiger partial charge in [-0.15, -0.1) is 0 Å². The van der Waals surface area contributed by atoms with E-state index in [-0.39, 0.29) is 0 Å². The molecule has 0 aliphatic rings. The number of hydrogen-bond donors (Lipinski definition) is 1. The molecule has 21 heavy (non-hydrogen) atoms. The Morgan fingerprint density at radius 3 is 2.71 bits per heavy atom. The lowest BCUT2D eigenvalue weighted by Crippen LogP contribution is -2.34. The van der Waals surface area contributed by atoms with E-state index >= 15 is 0 Å². The Balaban J connectivity index is 2.19. The summed E-state index contributed by atoms with van der Waals surface area (Å²) in [5.41, 5.74) is 0.930. The van der Waals surface area contributed by atoms with Gasteiger partial charge in [0.1, 0.15) is 18.8 Å². The Kier molecular flexibility index (Phi) is 4.71. The highest BCUT2D eigenvalue weighted by atomic mass is 35.5. The fourth-order valence-electron chi connectivity index (χ4n) is 2.19. The molecule has 1 N–H and O–H groups in total. The first-order valence-electron chi connectivity index (χ1n) is 6.47. The third-order valence-corrected chi connectivity index (χ3v) is 4.02. The molecule has 0 saturated carbocycles. The fourth-order valence-corrected chi connectivity index (χ4v) is 2.66. The molecule has 6 heteroatoms. The predicted molar refractivity (Wildman–Crippen MR) is 85.3 cm³/mol. The smallest absolute Gasteiger partial charge is 0.138 e. The highest BCUT2D eigenvalue weighted by Gasteiger charge is 2.32. The Morgan fingerprint density at radius 1 is 1.43 bits per heavy atom. The lowest BCUT2D eigenvalue weighted by Gasteiger charge is -2.32. The molecular formula is C15H17Cl2N3O. The number of nitrogens with zero attached hydrogens (tertiary/aromatic N) is 3. The van der Waals surface area contributed by atoms with Crippen LogP contribution in [0.4, 0.5) is 0 Å². The van der Waals surface area contributed by atoms with E-state index in [9.17, 15) is 5.11 Å². The van der Waals surface area contributed by atoms with E-state index in [0.717, 1.165) is 5.56 Å². The minimum absolute atomic E-state index is 0.472. The summed E-state index contributed by atoms with van der Waals surface area (Å²) in [4.78, 5) is 3.86. The Hall–Kier alpha value is -1.36. The van der Waals surface area contributed by atoms with Crippen LogP contribution in [0.3, 0.4) is 0 Å². The van der Waals surface area contributed by atoms with Crippen LogP contribution in [0, 0.1) is 5.41 Å². The van der Waals surface area contributed by atoms with Gasteiger partial charge < -0.3 is 5.11 Å². The number of aromatic nitrogens is 3. The zero-order chi connectivity index (χ0) is 15.6. The van der Waals surface area contributed by atoms with Crippen molar-refractivity contribution in [3.63, 3.8) is 0 Å². The molecule has 0 saturated heterocycles. The maximum atomic E-state index is 10.6. The zero-order valence-corrected chi connectivity index (χ0v) is 13.4. The summed E-state index contributed by atoms with van der Waals surface area (Å²) in [6, 6.07) is 5.36. The average molecular weight is 326 g/mol. The number of rotatable bonds is 5. The number of benzene rings is 1. The summed E-state index contributed by atoms with van der Waals surface area (Å²) in [6.07, 6.45) is 2.71. The van der Waals surface area contributed by atoms with Gasteiger partial charge in [-0.1, -0.05) is 49.7 Å². The maximum absolute atomic E-state index is 10.6. The second kappa shape index (κ2) is 6.18. The van der Waals surface area contributed by atoms with E-state index in [1.54, 1.807) is 12.1 Å². The van der Waals surface area contributed by atoms with Gasteiger partial charge in [-0.25, -0.2) is 9.67 Å². The van der Waals surface area contributed by atoms with Gasteiger partial charge in [0.25, 0.3) is 0 Å². The molecule has 1 aromatic heterocycles. The zero-order valence-electron chi connectivity index (χ0n) is 11.9. The third-order valence-electron chi connectivity index (χ3n) is 3.43. The lowest BCUT2D eigenvalue weighted by atomic mass is 9.79. The molecule has 0 aliphatic carbocycles. The van der Waals surface area contributed by atoms with E-state index < -0.39 is 11.5 Å². The molecule has 0 aliphatic heterocycles. The van der Waals surface area contributed by atoms with Crippen molar-refractivity contribution in [3.05, 3.63) is 53.0 Å². The van der Waals surface area contributed by atoms with Crippen LogP contribution < -0.4 is 0 Å². The van der Waals surface area contributed by atoms with E-state index in [2.05, 4.69) is 16.7 Å². The van der Waals surface area contributed by atoms with Gasteiger partial charge in [-0.05, 0) is 24.1 Å². The summed E-state index contributed by atoms with van der Waals surface area (Å²) in [5, 5.41) is 15.7. The van der Waals surface area contributed by atoms with Crippen molar-refractivity contribution in [2.24, 2.45) is 5.41 Å². The molecule has 0 fully saturated rings. The minimum atomic E-state index is -0.786. The van der Waals surface area contributed by atoms with Crippen LogP contribution >= 0.6 is 23.2 Å². The van der Waals surface area contributed by atoms with Crippen LogP contribution in [0.25, 0.3) is 5.70 Å². The van der Waals surface area contributed by atoms with Gasteiger partial charge in [-0.3, -0.25) is 0 Å². The molecule has 1 unspecified atom stereocenters. The summed E-state index contributed by atoms with van der Waals surface area (Å²) >= 11 is 12.1. The molecule has 1 atom stereocenters. The van der Waals surface area contributed by atoms with Crippen LogP contribution in [0.15, 0.2) is 37.4 Å². The molecule has 2 aromatic rings. The fraction of sp³-hybridized carbons (Fsp3) is 0.333. The first-order valence-corrected chi connectivity index (χ1v) is 7.22. The summed E-state index contributed by atoms with van der Waals surface area (Å²) < 4.78 is 1.47. The molecule has 1 aromatic carbocycles. The van der Waals surface area contributed by atoms with Crippen molar-refractivity contribution < 1.29 is 5.11 Å². The standard InChI is InChI=1S/C15H17Cl2N3O/c1-10(20-9-18-8-19-20)14(21)15(2,3)7-11-4-5-12(16)6-13(11)17/h4-6,8-9,14,21H,1,7H2,2-3H3. The summed E-state index contributed by atoms with van der Waals surface area (Å²) in [5.74, 6) is 0. The highest BCUT2D eigenvalue weighted by molar-refractivity contribution is 6.35. The number of halogens is 2. The molecule has 1 heterocycles. The monoisotopic (exact) mass is 325 g/mol. The lowest BCUT2D eigenvalue weighted by molar-refractivity contribution is 0.0941. The Bertz CT molecular complexity index is 638. The predicted octanol–water partition coefficient (Wildman–Crippen LogP) is 3.69. The largest absolute Gasteiger partial charge is 0.386 e. The van der Waals surface area contributed by atoms with Crippen LogP contribution in [0.2, 0.25) is 10.0 Å². The van der Waals surface area contributed by atoms with E-state index in [1.807, 2.05) is 19.9 Å². The number of aliphatic hydroxyl groups excluding tert-OH is 1. The molecule has 0 radical (unpaired) electrons. The van der Waals surface area contributed by atoms with Gasteiger partial charge in [0.15, 0.2) is 0 Å². The normalized spacial score (nSPS) is 13.2. The van der Waals surface area contributed by atoms with Crippen molar-refractivity contribution in [1.29, 1.82) is 0 Å². The van der Waals surface area contributed by atoms with Crippen LogP contribution in [0.5, 0.6) is 0 Å². The van der Waals surface area contributed by atoms with Crippen molar-refractivity contribution in [3.8, 4) is 0 Å². The average Bonchev–Trinajstić information content (AvgIpc) is 2.94. The number of aliphatic hydroxyl groups is 1. The topological polar surface area (TPSA) is 50.9 Å². The minimum Gasteiger partial charge on any atom is -0.386 e. The molecular weight excluding hydrogens is 309 g/mol. The third kappa shape index (κ3) is 3.64. The molecule has 4 nitrogen and oxygen atoms in total. The highest BCUT2D eigenvalue weighted by Crippen LogP contribution is 2.34. The van der Waals surface area contributed by atoms with E-state index in [4.69, 9.17) is 23.2 Å². The van der Waals surface area contributed by atoms with Crippen LogP contribution in [-0.2, 0) is 6.42 Å². The van der Waals surface area contributed by atoms with Gasteiger partial charge >= 0.3 is 0 Å². The van der Waals surface area contributed by atoms with E-state index in [1.165, 1.54) is 17.3 Å². The Morgan fingerprint density at radius 2 is 2.14 bits per heavy atom. The Labute approximate surface area is 134 Å². The second-order valence-electron chi connectivity index (χ2n) is 5.64. The second-order valence-corrected chi connectivity index (χ2v) is 6.48. The van der Waals surface area contributed by atoms with Crippen LogP contribution in [0.1, 0.15) is 19.4 Å². The van der Waals surface area contributed by atoms with E-state index in [0.29, 0.717) is 22.2 Å².